The van der Waals surface area contributed by atoms with Crippen LogP contribution in [0.4, 0.5) is 0 Å². The fraction of sp³-hybridized carbons (Fsp3) is 0.429. The van der Waals surface area contributed by atoms with Gasteiger partial charge in [0.1, 0.15) is 0 Å². The Balaban J connectivity index is 2.95. The molecule has 0 aliphatic heterocycles. The molecule has 0 fully saturated rings. The molecule has 0 heterocycles. The van der Waals surface area contributed by atoms with Crippen LogP contribution in [0.15, 0.2) is 29.2 Å². The van der Waals surface area contributed by atoms with Crippen LogP contribution in [-0.4, -0.2) is 8.42 Å². The minimum atomic E-state index is -3.58. The Labute approximate surface area is 110 Å². The molecule has 3 nitrogen and oxygen atoms in total. The van der Waals surface area contributed by atoms with Crippen molar-refractivity contribution >= 4 is 16.1 Å². The van der Waals surface area contributed by atoms with Gasteiger partial charge in [0.2, 0.25) is 10.0 Å². The van der Waals surface area contributed by atoms with Crippen LogP contribution < -0.4 is 5.14 Å². The highest BCUT2D eigenvalue weighted by Gasteiger charge is 2.09. The summed E-state index contributed by atoms with van der Waals surface area (Å²) in [5.41, 5.74) is 2.13. The van der Waals surface area contributed by atoms with E-state index in [0.29, 0.717) is 12.3 Å². The standard InChI is InChI=1S/C14H21NO2S/c1-4-14(18(15,16)17)10-13-7-5-12(6-8-13)9-11(2)3/h5-8,10-11H,4,9H2,1-3H3,(H2,15,16,17)/b14-10+. The summed E-state index contributed by atoms with van der Waals surface area (Å²) in [6, 6.07) is 7.92. The summed E-state index contributed by atoms with van der Waals surface area (Å²) in [7, 11) is -3.58. The molecule has 1 aromatic carbocycles. The van der Waals surface area contributed by atoms with Gasteiger partial charge in [-0.05, 0) is 36.0 Å². The predicted molar refractivity (Wildman–Crippen MR) is 76.4 cm³/mol. The summed E-state index contributed by atoms with van der Waals surface area (Å²) >= 11 is 0. The van der Waals surface area contributed by atoms with Gasteiger partial charge >= 0.3 is 0 Å². The van der Waals surface area contributed by atoms with Crippen LogP contribution in [-0.2, 0) is 16.4 Å². The van der Waals surface area contributed by atoms with E-state index >= 15 is 0 Å². The topological polar surface area (TPSA) is 60.2 Å². The molecule has 0 atom stereocenters. The predicted octanol–water partition coefficient (Wildman–Crippen LogP) is 2.92. The van der Waals surface area contributed by atoms with E-state index in [0.717, 1.165) is 12.0 Å². The molecule has 100 valence electrons. The molecule has 18 heavy (non-hydrogen) atoms. The van der Waals surface area contributed by atoms with Crippen LogP contribution in [0.25, 0.3) is 6.08 Å². The van der Waals surface area contributed by atoms with Crippen LogP contribution >= 0.6 is 0 Å². The first-order valence-corrected chi connectivity index (χ1v) is 7.70. The van der Waals surface area contributed by atoms with E-state index in [1.165, 1.54) is 5.56 Å². The molecule has 0 spiro atoms. The van der Waals surface area contributed by atoms with Crippen LogP contribution in [0.1, 0.15) is 38.3 Å². The molecule has 0 saturated carbocycles. The lowest BCUT2D eigenvalue weighted by Gasteiger charge is -2.06. The van der Waals surface area contributed by atoms with Crippen LogP contribution in [0.2, 0.25) is 0 Å². The Bertz CT molecular complexity index is 513. The van der Waals surface area contributed by atoms with Crippen molar-refractivity contribution in [2.45, 2.75) is 33.6 Å². The molecule has 4 heteroatoms. The van der Waals surface area contributed by atoms with E-state index in [1.54, 1.807) is 13.0 Å². The molecule has 0 aromatic heterocycles. The molecule has 0 aliphatic carbocycles. The maximum Gasteiger partial charge on any atom is 0.234 e. The third-order valence-electron chi connectivity index (χ3n) is 2.67. The lowest BCUT2D eigenvalue weighted by Crippen LogP contribution is -2.13. The zero-order chi connectivity index (χ0) is 13.8. The van der Waals surface area contributed by atoms with Gasteiger partial charge in [0.25, 0.3) is 0 Å². The Hall–Kier alpha value is -1.13. The van der Waals surface area contributed by atoms with E-state index in [9.17, 15) is 8.42 Å². The summed E-state index contributed by atoms with van der Waals surface area (Å²) in [4.78, 5) is 0.263. The Morgan fingerprint density at radius 2 is 1.83 bits per heavy atom. The number of rotatable bonds is 5. The van der Waals surface area contributed by atoms with Crippen molar-refractivity contribution in [3.05, 3.63) is 40.3 Å². The van der Waals surface area contributed by atoms with Gasteiger partial charge < -0.3 is 0 Å². The van der Waals surface area contributed by atoms with E-state index in [2.05, 4.69) is 13.8 Å². The van der Waals surface area contributed by atoms with E-state index in [1.807, 2.05) is 24.3 Å². The molecule has 0 unspecified atom stereocenters. The lowest BCUT2D eigenvalue weighted by molar-refractivity contribution is 0.602. The van der Waals surface area contributed by atoms with Gasteiger partial charge in [-0.2, -0.15) is 0 Å². The summed E-state index contributed by atoms with van der Waals surface area (Å²) in [5, 5.41) is 5.14. The van der Waals surface area contributed by atoms with Gasteiger partial charge in [0, 0.05) is 0 Å². The monoisotopic (exact) mass is 267 g/mol. The van der Waals surface area contributed by atoms with Crippen molar-refractivity contribution in [3.63, 3.8) is 0 Å². The Morgan fingerprint density at radius 3 is 2.22 bits per heavy atom. The fourth-order valence-corrected chi connectivity index (χ4v) is 2.50. The third-order valence-corrected chi connectivity index (χ3v) is 3.80. The smallest absolute Gasteiger partial charge is 0.225 e. The molecule has 0 radical (unpaired) electrons. The van der Waals surface area contributed by atoms with Gasteiger partial charge in [-0.3, -0.25) is 0 Å². The van der Waals surface area contributed by atoms with Crippen LogP contribution in [0.3, 0.4) is 0 Å². The number of hydrogen-bond donors (Lipinski definition) is 1. The average molecular weight is 267 g/mol. The molecular formula is C14H21NO2S. The average Bonchev–Trinajstić information content (AvgIpc) is 2.25. The van der Waals surface area contributed by atoms with E-state index in [-0.39, 0.29) is 4.91 Å². The van der Waals surface area contributed by atoms with Gasteiger partial charge in [-0.1, -0.05) is 45.0 Å². The van der Waals surface area contributed by atoms with Crippen molar-refractivity contribution in [2.75, 3.05) is 0 Å². The molecule has 0 aliphatic rings. The normalized spacial score (nSPS) is 13.1. The fourth-order valence-electron chi connectivity index (χ4n) is 1.79. The SMILES string of the molecule is CC/C(=C\c1ccc(CC(C)C)cc1)S(N)(=O)=O. The molecule has 2 N–H and O–H groups in total. The molecular weight excluding hydrogens is 246 g/mol. The maximum atomic E-state index is 11.3. The minimum absolute atomic E-state index is 0.263. The third kappa shape index (κ3) is 4.63. The van der Waals surface area contributed by atoms with Crippen molar-refractivity contribution in [1.29, 1.82) is 0 Å². The van der Waals surface area contributed by atoms with Gasteiger partial charge in [-0.15, -0.1) is 0 Å². The highest BCUT2D eigenvalue weighted by atomic mass is 32.2. The number of nitrogens with two attached hydrogens (primary N) is 1. The second kappa shape index (κ2) is 6.16. The first-order chi connectivity index (χ1) is 8.32. The van der Waals surface area contributed by atoms with E-state index < -0.39 is 10.0 Å². The van der Waals surface area contributed by atoms with Gasteiger partial charge in [-0.25, -0.2) is 13.6 Å². The van der Waals surface area contributed by atoms with Crippen molar-refractivity contribution in [1.82, 2.24) is 0 Å². The zero-order valence-electron chi connectivity index (χ0n) is 11.2. The number of benzene rings is 1. The van der Waals surface area contributed by atoms with Gasteiger partial charge in [0.05, 0.1) is 4.91 Å². The highest BCUT2D eigenvalue weighted by molar-refractivity contribution is 7.93. The maximum absolute atomic E-state index is 11.3. The van der Waals surface area contributed by atoms with Crippen molar-refractivity contribution < 1.29 is 8.42 Å². The summed E-state index contributed by atoms with van der Waals surface area (Å²) in [6.45, 7) is 6.12. The van der Waals surface area contributed by atoms with E-state index in [4.69, 9.17) is 5.14 Å². The van der Waals surface area contributed by atoms with Gasteiger partial charge in [0.15, 0.2) is 0 Å². The summed E-state index contributed by atoms with van der Waals surface area (Å²) in [5.74, 6) is 0.613. The first-order valence-electron chi connectivity index (χ1n) is 6.15. The van der Waals surface area contributed by atoms with Crippen molar-refractivity contribution in [2.24, 2.45) is 11.1 Å². The minimum Gasteiger partial charge on any atom is -0.225 e. The second-order valence-electron chi connectivity index (χ2n) is 4.85. The highest BCUT2D eigenvalue weighted by Crippen LogP contribution is 2.15. The number of hydrogen-bond acceptors (Lipinski definition) is 2. The number of allylic oxidation sites excluding steroid dienone is 1. The molecule has 0 saturated heterocycles. The quantitative estimate of drug-likeness (QED) is 0.891. The second-order valence-corrected chi connectivity index (χ2v) is 6.46. The Kier molecular flexibility index (Phi) is 5.11. The van der Waals surface area contributed by atoms with Crippen LogP contribution in [0, 0.1) is 5.92 Å². The number of primary sulfonamides is 1. The number of sulfonamides is 1. The Morgan fingerprint density at radius 1 is 1.28 bits per heavy atom. The van der Waals surface area contributed by atoms with Crippen LogP contribution in [0.5, 0.6) is 0 Å². The first kappa shape index (κ1) is 14.9. The molecule has 0 bridgehead atoms. The van der Waals surface area contributed by atoms with Crippen molar-refractivity contribution in [3.8, 4) is 0 Å². The molecule has 0 amide bonds. The molecule has 1 aromatic rings. The zero-order valence-corrected chi connectivity index (χ0v) is 12.0. The summed E-state index contributed by atoms with van der Waals surface area (Å²) < 4.78 is 22.6. The summed E-state index contributed by atoms with van der Waals surface area (Å²) in [6.07, 6.45) is 3.07. The largest absolute Gasteiger partial charge is 0.234 e. The lowest BCUT2D eigenvalue weighted by atomic mass is 10.0. The molecule has 1 rings (SSSR count).